The zero-order valence-corrected chi connectivity index (χ0v) is 8.91. The predicted octanol–water partition coefficient (Wildman–Crippen LogP) is 1.76. The number of benzene rings is 1. The van der Waals surface area contributed by atoms with Crippen molar-refractivity contribution in [2.24, 2.45) is 11.8 Å². The Morgan fingerprint density at radius 1 is 1.11 bits per heavy atom. The minimum Gasteiger partial charge on any atom is -0.481 e. The lowest BCUT2D eigenvalue weighted by Crippen LogP contribution is -2.17. The van der Waals surface area contributed by atoms with Crippen LogP contribution in [0.5, 0.6) is 0 Å². The minimum absolute atomic E-state index is 0.159. The van der Waals surface area contributed by atoms with Gasteiger partial charge in [0.25, 0.3) is 0 Å². The van der Waals surface area contributed by atoms with Gasteiger partial charge in [0, 0.05) is 12.1 Å². The maximum atomic E-state index is 13.2. The fraction of sp³-hybridized carbons (Fsp3) is 0.273. The quantitative estimate of drug-likeness (QED) is 0.813. The largest absolute Gasteiger partial charge is 0.481 e. The van der Waals surface area contributed by atoms with Gasteiger partial charge < -0.3 is 10.4 Å². The van der Waals surface area contributed by atoms with Crippen LogP contribution in [-0.2, 0) is 9.59 Å². The van der Waals surface area contributed by atoms with Gasteiger partial charge in [0.15, 0.2) is 11.6 Å². The summed E-state index contributed by atoms with van der Waals surface area (Å²) in [4.78, 5) is 22.0. The van der Waals surface area contributed by atoms with E-state index in [2.05, 4.69) is 0 Å². The van der Waals surface area contributed by atoms with Crippen LogP contribution in [-0.4, -0.2) is 17.0 Å². The summed E-state index contributed by atoms with van der Waals surface area (Å²) in [6, 6.07) is 0.827. The molecule has 0 heterocycles. The van der Waals surface area contributed by atoms with Gasteiger partial charge in [-0.1, -0.05) is 0 Å². The number of hydrogen-bond donors (Lipinski definition) is 2. The number of carbonyl (C=O) groups is 2. The van der Waals surface area contributed by atoms with Crippen molar-refractivity contribution in [2.45, 2.75) is 6.42 Å². The van der Waals surface area contributed by atoms with Crippen LogP contribution < -0.4 is 5.32 Å². The van der Waals surface area contributed by atoms with E-state index in [1.165, 1.54) is 0 Å². The van der Waals surface area contributed by atoms with E-state index in [0.717, 1.165) is 0 Å². The second kappa shape index (κ2) is 4.32. The van der Waals surface area contributed by atoms with Gasteiger partial charge in [0.05, 0.1) is 17.5 Å². The van der Waals surface area contributed by atoms with E-state index >= 15 is 0 Å². The molecule has 2 atom stereocenters. The van der Waals surface area contributed by atoms with Crippen molar-refractivity contribution in [3.05, 3.63) is 29.6 Å². The molecule has 0 radical (unpaired) electrons. The second-order valence-electron chi connectivity index (χ2n) is 4.02. The number of amides is 1. The summed E-state index contributed by atoms with van der Waals surface area (Å²) in [6.45, 7) is 0. The highest BCUT2D eigenvalue weighted by Gasteiger charge is 2.48. The molecule has 1 aromatic carbocycles. The predicted molar refractivity (Wildman–Crippen MR) is 54.2 cm³/mol. The van der Waals surface area contributed by atoms with Crippen molar-refractivity contribution in [3.8, 4) is 0 Å². The van der Waals surface area contributed by atoms with E-state index in [1.807, 2.05) is 5.32 Å². The molecule has 18 heavy (non-hydrogen) atoms. The Morgan fingerprint density at radius 2 is 1.72 bits per heavy atom. The Labute approximate surface area is 99.4 Å². The van der Waals surface area contributed by atoms with Crippen molar-refractivity contribution in [2.75, 3.05) is 5.32 Å². The Hall–Kier alpha value is -2.05. The first-order valence-electron chi connectivity index (χ1n) is 5.08. The highest BCUT2D eigenvalue weighted by atomic mass is 19.2. The summed E-state index contributed by atoms with van der Waals surface area (Å²) in [5.74, 6) is -7.14. The molecule has 1 aromatic rings. The van der Waals surface area contributed by atoms with Gasteiger partial charge in [-0.3, -0.25) is 9.59 Å². The third-order valence-corrected chi connectivity index (χ3v) is 2.71. The summed E-state index contributed by atoms with van der Waals surface area (Å²) in [7, 11) is 0. The van der Waals surface area contributed by atoms with E-state index in [1.54, 1.807) is 0 Å². The van der Waals surface area contributed by atoms with Crippen LogP contribution in [0.25, 0.3) is 0 Å². The van der Waals surface area contributed by atoms with E-state index in [4.69, 9.17) is 5.11 Å². The van der Waals surface area contributed by atoms with Gasteiger partial charge in [-0.25, -0.2) is 13.2 Å². The molecule has 4 nitrogen and oxygen atoms in total. The number of aliphatic carboxylic acids is 1. The number of anilines is 1. The average Bonchev–Trinajstić information content (AvgIpc) is 3.05. The number of rotatable bonds is 3. The zero-order valence-electron chi connectivity index (χ0n) is 8.91. The molecule has 2 N–H and O–H groups in total. The van der Waals surface area contributed by atoms with Crippen molar-refractivity contribution in [3.63, 3.8) is 0 Å². The summed E-state index contributed by atoms with van der Waals surface area (Å²) in [6.07, 6.45) is 0.159. The smallest absolute Gasteiger partial charge is 0.307 e. The van der Waals surface area contributed by atoms with Crippen LogP contribution in [0.15, 0.2) is 12.1 Å². The molecule has 1 amide bonds. The van der Waals surface area contributed by atoms with Crippen LogP contribution in [0.4, 0.5) is 18.9 Å². The topological polar surface area (TPSA) is 66.4 Å². The Balaban J connectivity index is 2.09. The van der Waals surface area contributed by atoms with Crippen LogP contribution in [0.2, 0.25) is 0 Å². The Kier molecular flexibility index (Phi) is 2.98. The number of nitrogens with one attached hydrogen (secondary N) is 1. The summed E-state index contributed by atoms with van der Waals surface area (Å²) in [5.41, 5.74) is -0.505. The van der Waals surface area contributed by atoms with Gasteiger partial charge in [-0.2, -0.15) is 0 Å². The van der Waals surface area contributed by atoms with Gasteiger partial charge in [-0.15, -0.1) is 0 Å². The molecule has 1 saturated carbocycles. The molecule has 0 spiro atoms. The standard InChI is InChI=1S/C11H8F3NO3/c12-6-2-8(14)9(3-7(6)13)15-10(16)4-1-5(4)11(17)18/h2-5H,1H2,(H,15,16)(H,17,18)/t4-,5+/m1/s1. The third kappa shape index (κ3) is 2.29. The number of carboxylic acids is 1. The fourth-order valence-electron chi connectivity index (χ4n) is 1.60. The average molecular weight is 259 g/mol. The normalized spacial score (nSPS) is 21.5. The lowest BCUT2D eigenvalue weighted by Gasteiger charge is -2.06. The molecule has 0 aromatic heterocycles. The van der Waals surface area contributed by atoms with Crippen LogP contribution in [0.1, 0.15) is 6.42 Å². The minimum atomic E-state index is -1.36. The zero-order chi connectivity index (χ0) is 13.4. The van der Waals surface area contributed by atoms with Crippen LogP contribution in [0.3, 0.4) is 0 Å². The molecule has 2 rings (SSSR count). The van der Waals surface area contributed by atoms with Crippen molar-refractivity contribution in [1.82, 2.24) is 0 Å². The molecule has 1 fully saturated rings. The Bertz CT molecular complexity index is 533. The van der Waals surface area contributed by atoms with Gasteiger partial charge in [0.2, 0.25) is 5.91 Å². The Morgan fingerprint density at radius 3 is 2.28 bits per heavy atom. The van der Waals surface area contributed by atoms with Gasteiger partial charge in [-0.05, 0) is 6.42 Å². The highest BCUT2D eigenvalue weighted by molar-refractivity contribution is 5.98. The first-order valence-corrected chi connectivity index (χ1v) is 5.08. The monoisotopic (exact) mass is 259 g/mol. The summed E-state index contributed by atoms with van der Waals surface area (Å²) < 4.78 is 38.7. The summed E-state index contributed by atoms with van der Waals surface area (Å²) in [5, 5.41) is 10.7. The molecule has 1 aliphatic rings. The molecule has 0 unspecified atom stereocenters. The van der Waals surface area contributed by atoms with Crippen LogP contribution in [0, 0.1) is 29.3 Å². The molecule has 0 bridgehead atoms. The van der Waals surface area contributed by atoms with Crippen molar-refractivity contribution in [1.29, 1.82) is 0 Å². The maximum absolute atomic E-state index is 13.2. The van der Waals surface area contributed by atoms with E-state index in [0.29, 0.717) is 12.1 Å². The number of carbonyl (C=O) groups excluding carboxylic acids is 1. The first-order chi connectivity index (χ1) is 8.40. The number of halogens is 3. The highest BCUT2D eigenvalue weighted by Crippen LogP contribution is 2.39. The number of hydrogen-bond acceptors (Lipinski definition) is 2. The molecule has 1 aliphatic carbocycles. The fourth-order valence-corrected chi connectivity index (χ4v) is 1.60. The molecule has 0 saturated heterocycles. The lowest BCUT2D eigenvalue weighted by molar-refractivity contribution is -0.139. The molecular formula is C11H8F3NO3. The maximum Gasteiger partial charge on any atom is 0.307 e. The molecule has 96 valence electrons. The molecule has 7 heteroatoms. The molecule has 0 aliphatic heterocycles. The van der Waals surface area contributed by atoms with Crippen molar-refractivity contribution < 1.29 is 27.9 Å². The molecular weight excluding hydrogens is 251 g/mol. The van der Waals surface area contributed by atoms with Gasteiger partial charge in [0.1, 0.15) is 5.82 Å². The van der Waals surface area contributed by atoms with E-state index in [9.17, 15) is 22.8 Å². The van der Waals surface area contributed by atoms with Gasteiger partial charge >= 0.3 is 5.97 Å². The second-order valence-corrected chi connectivity index (χ2v) is 4.02. The third-order valence-electron chi connectivity index (χ3n) is 2.71. The van der Waals surface area contributed by atoms with Crippen LogP contribution >= 0.6 is 0 Å². The SMILES string of the molecule is O=C(O)[C@H]1C[C@H]1C(=O)Nc1cc(F)c(F)cc1F. The van der Waals surface area contributed by atoms with E-state index < -0.39 is 46.9 Å². The first kappa shape index (κ1) is 12.4. The lowest BCUT2D eigenvalue weighted by atomic mass is 10.2. The number of carboxylic acid groups (broad SMARTS) is 1. The summed E-state index contributed by atoms with van der Waals surface area (Å²) >= 11 is 0. The van der Waals surface area contributed by atoms with E-state index in [-0.39, 0.29) is 6.42 Å². The van der Waals surface area contributed by atoms with Crippen molar-refractivity contribution >= 4 is 17.6 Å².